The summed E-state index contributed by atoms with van der Waals surface area (Å²) in [4.78, 5) is 0. The Morgan fingerprint density at radius 3 is 2.48 bits per heavy atom. The fourth-order valence-corrected chi connectivity index (χ4v) is 3.15. The molecule has 8 heteroatoms. The Balaban J connectivity index is 1.68. The van der Waals surface area contributed by atoms with Crippen LogP contribution in [0.25, 0.3) is 0 Å². The van der Waals surface area contributed by atoms with Gasteiger partial charge in [0.05, 0.1) is 25.9 Å². The summed E-state index contributed by atoms with van der Waals surface area (Å²) >= 11 is 0. The van der Waals surface area contributed by atoms with E-state index in [0.717, 1.165) is 0 Å². The van der Waals surface area contributed by atoms with Crippen molar-refractivity contribution in [3.8, 4) is 28.7 Å². The third-order valence-electron chi connectivity index (χ3n) is 4.56. The van der Waals surface area contributed by atoms with E-state index in [2.05, 4.69) is 0 Å². The number of hydrogen-bond donors (Lipinski definition) is 4. The second-order valence-corrected chi connectivity index (χ2v) is 6.64. The molecule has 0 spiro atoms. The lowest BCUT2D eigenvalue weighted by atomic mass is 9.94. The van der Waals surface area contributed by atoms with Crippen LogP contribution in [0, 0.1) is 0 Å². The number of aromatic hydroxyl groups is 3. The van der Waals surface area contributed by atoms with Gasteiger partial charge in [0.15, 0.2) is 11.5 Å². The summed E-state index contributed by atoms with van der Waals surface area (Å²) in [5, 5.41) is 39.8. The van der Waals surface area contributed by atoms with Gasteiger partial charge in [0.1, 0.15) is 30.0 Å². The lowest BCUT2D eigenvalue weighted by Crippen LogP contribution is -2.30. The molecule has 1 aliphatic rings. The first kappa shape index (κ1) is 21.0. The molecule has 4 N–H and O–H groups in total. The normalized spacial score (nSPS) is 18.1. The SMILES string of the molecule is CCOCCOCCOc1cc(O)cc2c1C[C@H](O)[C@H](c1ccc(O)c(O)c1)O2. The lowest BCUT2D eigenvalue weighted by Gasteiger charge is -2.32. The first-order chi connectivity index (χ1) is 14.0. The van der Waals surface area contributed by atoms with E-state index in [1.807, 2.05) is 6.92 Å². The molecule has 1 aliphatic heterocycles. The highest BCUT2D eigenvalue weighted by Gasteiger charge is 2.32. The number of benzene rings is 2. The Bertz CT molecular complexity index is 823. The summed E-state index contributed by atoms with van der Waals surface area (Å²) < 4.78 is 22.2. The number of ether oxygens (including phenoxy) is 4. The van der Waals surface area contributed by atoms with Crippen molar-refractivity contribution in [2.45, 2.75) is 25.6 Å². The first-order valence-corrected chi connectivity index (χ1v) is 9.50. The van der Waals surface area contributed by atoms with Gasteiger partial charge in [-0.1, -0.05) is 6.07 Å². The molecule has 0 amide bonds. The topological polar surface area (TPSA) is 118 Å². The zero-order valence-corrected chi connectivity index (χ0v) is 16.2. The molecular weight excluding hydrogens is 380 g/mol. The molecule has 2 aromatic rings. The van der Waals surface area contributed by atoms with Gasteiger partial charge < -0.3 is 39.4 Å². The largest absolute Gasteiger partial charge is 0.508 e. The lowest BCUT2D eigenvalue weighted by molar-refractivity contribution is 0.0183. The molecule has 1 heterocycles. The van der Waals surface area contributed by atoms with Crippen LogP contribution in [0.3, 0.4) is 0 Å². The molecule has 2 aromatic carbocycles. The standard InChI is InChI=1S/C21H26O8/c1-2-26-5-6-27-7-8-28-19-10-14(22)11-20-15(19)12-18(25)21(29-20)13-3-4-16(23)17(24)9-13/h3-4,9-11,18,21-25H,2,5-8,12H2,1H3/t18-,21-/m0/s1. The van der Waals surface area contributed by atoms with Gasteiger partial charge >= 0.3 is 0 Å². The number of phenolic OH excluding ortho intramolecular Hbond substituents is 3. The zero-order valence-electron chi connectivity index (χ0n) is 16.2. The average molecular weight is 406 g/mol. The van der Waals surface area contributed by atoms with Crippen LogP contribution in [-0.4, -0.2) is 59.6 Å². The van der Waals surface area contributed by atoms with Gasteiger partial charge in [0.25, 0.3) is 0 Å². The number of aliphatic hydroxyl groups is 1. The molecule has 2 atom stereocenters. The Hall–Kier alpha value is -2.68. The van der Waals surface area contributed by atoms with Crippen molar-refractivity contribution in [3.63, 3.8) is 0 Å². The third kappa shape index (κ3) is 5.23. The van der Waals surface area contributed by atoms with Crippen LogP contribution >= 0.6 is 0 Å². The molecule has 8 nitrogen and oxygen atoms in total. The van der Waals surface area contributed by atoms with E-state index in [-0.39, 0.29) is 30.3 Å². The van der Waals surface area contributed by atoms with E-state index in [1.165, 1.54) is 24.3 Å². The van der Waals surface area contributed by atoms with Crippen LogP contribution < -0.4 is 9.47 Å². The molecule has 3 rings (SSSR count). The summed E-state index contributed by atoms with van der Waals surface area (Å²) in [7, 11) is 0. The molecule has 29 heavy (non-hydrogen) atoms. The monoisotopic (exact) mass is 406 g/mol. The summed E-state index contributed by atoms with van der Waals surface area (Å²) in [6, 6.07) is 7.17. The Kier molecular flexibility index (Phi) is 7.03. The number of phenols is 3. The zero-order chi connectivity index (χ0) is 20.8. The van der Waals surface area contributed by atoms with Gasteiger partial charge in [-0.25, -0.2) is 0 Å². The highest BCUT2D eigenvalue weighted by Crippen LogP contribution is 2.43. The average Bonchev–Trinajstić information content (AvgIpc) is 2.69. The fraction of sp³-hybridized carbons (Fsp3) is 0.429. The maximum absolute atomic E-state index is 10.6. The molecule has 0 saturated carbocycles. The number of hydrogen-bond acceptors (Lipinski definition) is 8. The Morgan fingerprint density at radius 2 is 1.72 bits per heavy atom. The van der Waals surface area contributed by atoms with E-state index in [4.69, 9.17) is 18.9 Å². The highest BCUT2D eigenvalue weighted by atomic mass is 16.5. The van der Waals surface area contributed by atoms with Gasteiger partial charge in [-0.3, -0.25) is 0 Å². The summed E-state index contributed by atoms with van der Waals surface area (Å²) in [6.45, 7) is 4.18. The molecule has 0 radical (unpaired) electrons. The molecule has 0 unspecified atom stereocenters. The van der Waals surface area contributed by atoms with Crippen molar-refractivity contribution >= 4 is 0 Å². The van der Waals surface area contributed by atoms with Crippen LogP contribution in [-0.2, 0) is 15.9 Å². The van der Waals surface area contributed by atoms with Crippen molar-refractivity contribution in [2.75, 3.05) is 33.0 Å². The quantitative estimate of drug-likeness (QED) is 0.370. The summed E-state index contributed by atoms with van der Waals surface area (Å²) in [5.74, 6) is 0.226. The maximum Gasteiger partial charge on any atom is 0.157 e. The maximum atomic E-state index is 10.6. The summed E-state index contributed by atoms with van der Waals surface area (Å²) in [6.07, 6.45) is -1.42. The van der Waals surface area contributed by atoms with Crippen LogP contribution in [0.1, 0.15) is 24.2 Å². The highest BCUT2D eigenvalue weighted by molar-refractivity contribution is 5.52. The molecule has 0 fully saturated rings. The van der Waals surface area contributed by atoms with Crippen LogP contribution in [0.4, 0.5) is 0 Å². The van der Waals surface area contributed by atoms with Crippen molar-refractivity contribution in [2.24, 2.45) is 0 Å². The Labute approximate surface area is 168 Å². The molecule has 0 bridgehead atoms. The van der Waals surface area contributed by atoms with Crippen molar-refractivity contribution in [1.29, 1.82) is 0 Å². The third-order valence-corrected chi connectivity index (χ3v) is 4.56. The van der Waals surface area contributed by atoms with Crippen molar-refractivity contribution in [3.05, 3.63) is 41.5 Å². The van der Waals surface area contributed by atoms with Gasteiger partial charge in [-0.2, -0.15) is 0 Å². The Morgan fingerprint density at radius 1 is 0.966 bits per heavy atom. The van der Waals surface area contributed by atoms with Gasteiger partial charge in [0, 0.05) is 30.7 Å². The predicted molar refractivity (Wildman–Crippen MR) is 104 cm³/mol. The minimum atomic E-state index is -0.902. The molecule has 158 valence electrons. The van der Waals surface area contributed by atoms with Crippen LogP contribution in [0.15, 0.2) is 30.3 Å². The van der Waals surface area contributed by atoms with Gasteiger partial charge in [-0.15, -0.1) is 0 Å². The minimum Gasteiger partial charge on any atom is -0.508 e. The second kappa shape index (κ2) is 9.69. The van der Waals surface area contributed by atoms with Gasteiger partial charge in [-0.05, 0) is 24.6 Å². The number of aliphatic hydroxyl groups excluding tert-OH is 1. The summed E-state index contributed by atoms with van der Waals surface area (Å²) in [5.41, 5.74) is 1.15. The van der Waals surface area contributed by atoms with E-state index < -0.39 is 12.2 Å². The molecule has 0 saturated heterocycles. The second-order valence-electron chi connectivity index (χ2n) is 6.64. The van der Waals surface area contributed by atoms with E-state index in [0.29, 0.717) is 49.1 Å². The van der Waals surface area contributed by atoms with Crippen molar-refractivity contribution in [1.82, 2.24) is 0 Å². The van der Waals surface area contributed by atoms with Crippen LogP contribution in [0.5, 0.6) is 28.7 Å². The molecule has 0 aliphatic carbocycles. The minimum absolute atomic E-state index is 0.0280. The smallest absolute Gasteiger partial charge is 0.157 e. The number of rotatable bonds is 9. The van der Waals surface area contributed by atoms with Crippen LogP contribution in [0.2, 0.25) is 0 Å². The number of fused-ring (bicyclic) bond motifs is 1. The predicted octanol–water partition coefficient (Wildman–Crippen LogP) is 2.27. The van der Waals surface area contributed by atoms with Gasteiger partial charge in [0.2, 0.25) is 0 Å². The van der Waals surface area contributed by atoms with E-state index in [1.54, 1.807) is 6.07 Å². The van der Waals surface area contributed by atoms with E-state index >= 15 is 0 Å². The first-order valence-electron chi connectivity index (χ1n) is 9.50. The van der Waals surface area contributed by atoms with E-state index in [9.17, 15) is 20.4 Å². The fourth-order valence-electron chi connectivity index (χ4n) is 3.15. The molecular formula is C21H26O8. The van der Waals surface area contributed by atoms with Crippen molar-refractivity contribution < 1.29 is 39.4 Å². The molecule has 0 aromatic heterocycles.